The van der Waals surface area contributed by atoms with E-state index in [1.165, 1.54) is 11.3 Å². The van der Waals surface area contributed by atoms with E-state index in [0.717, 1.165) is 4.88 Å². The maximum absolute atomic E-state index is 12.7. The summed E-state index contributed by atoms with van der Waals surface area (Å²) in [6, 6.07) is 2.10. The Hall–Kier alpha value is -0.140. The fraction of sp³-hybridized carbons (Fsp3) is 0.667. The Morgan fingerprint density at radius 3 is 2.47 bits per heavy atom. The SMILES string of the molecule is CC1CN(S(=O)(=O)c2ccsc2CCl)CC(C)N1C. The summed E-state index contributed by atoms with van der Waals surface area (Å²) in [7, 11) is -1.38. The van der Waals surface area contributed by atoms with E-state index >= 15 is 0 Å². The molecule has 2 rings (SSSR count). The number of halogens is 1. The van der Waals surface area contributed by atoms with Gasteiger partial charge in [0.25, 0.3) is 0 Å². The lowest BCUT2D eigenvalue weighted by Gasteiger charge is -2.41. The lowest BCUT2D eigenvalue weighted by atomic mass is 10.1. The molecule has 4 nitrogen and oxygen atoms in total. The lowest BCUT2D eigenvalue weighted by Crippen LogP contribution is -2.56. The smallest absolute Gasteiger partial charge is 0.244 e. The van der Waals surface area contributed by atoms with Gasteiger partial charge < -0.3 is 0 Å². The molecule has 2 atom stereocenters. The Labute approximate surface area is 124 Å². The predicted molar refractivity (Wildman–Crippen MR) is 79.3 cm³/mol. The van der Waals surface area contributed by atoms with Gasteiger partial charge in [-0.15, -0.1) is 22.9 Å². The Morgan fingerprint density at radius 2 is 1.95 bits per heavy atom. The summed E-state index contributed by atoms with van der Waals surface area (Å²) in [5.74, 6) is 0.241. The number of alkyl halides is 1. The second-order valence-corrected chi connectivity index (χ2v) is 8.20. The highest BCUT2D eigenvalue weighted by atomic mass is 35.5. The molecular formula is C12H19ClN2O2S2. The molecule has 0 spiro atoms. The van der Waals surface area contributed by atoms with Crippen LogP contribution >= 0.6 is 22.9 Å². The normalized spacial score (nSPS) is 26.7. The van der Waals surface area contributed by atoms with Gasteiger partial charge in [0.15, 0.2) is 0 Å². The molecule has 0 saturated carbocycles. The van der Waals surface area contributed by atoms with Crippen molar-refractivity contribution in [3.8, 4) is 0 Å². The van der Waals surface area contributed by atoms with Gasteiger partial charge in [-0.25, -0.2) is 8.42 Å². The molecule has 1 aromatic heterocycles. The molecule has 0 aliphatic carbocycles. The average Bonchev–Trinajstić information content (AvgIpc) is 2.84. The fourth-order valence-electron chi connectivity index (χ4n) is 2.35. The molecule has 1 fully saturated rings. The van der Waals surface area contributed by atoms with Gasteiger partial charge in [0, 0.05) is 30.1 Å². The van der Waals surface area contributed by atoms with Crippen LogP contribution in [0.25, 0.3) is 0 Å². The number of thiophene rings is 1. The minimum absolute atomic E-state index is 0.219. The molecule has 0 aromatic carbocycles. The highest BCUT2D eigenvalue weighted by Gasteiger charge is 2.35. The van der Waals surface area contributed by atoms with Crippen molar-refractivity contribution in [1.29, 1.82) is 0 Å². The van der Waals surface area contributed by atoms with Crippen LogP contribution in [0, 0.1) is 0 Å². The molecule has 0 radical (unpaired) electrons. The van der Waals surface area contributed by atoms with Crippen LogP contribution in [0.15, 0.2) is 16.3 Å². The van der Waals surface area contributed by atoms with Gasteiger partial charge in [0.05, 0.1) is 10.8 Å². The molecule has 0 bridgehead atoms. The van der Waals surface area contributed by atoms with Gasteiger partial charge in [-0.1, -0.05) is 0 Å². The van der Waals surface area contributed by atoms with Crippen LogP contribution in [0.1, 0.15) is 18.7 Å². The van der Waals surface area contributed by atoms with Crippen molar-refractivity contribution < 1.29 is 8.42 Å². The minimum atomic E-state index is -3.42. The van der Waals surface area contributed by atoms with Crippen molar-refractivity contribution in [2.75, 3.05) is 20.1 Å². The largest absolute Gasteiger partial charge is 0.298 e. The summed E-state index contributed by atoms with van der Waals surface area (Å²) in [4.78, 5) is 3.31. The van der Waals surface area contributed by atoms with E-state index in [1.54, 1.807) is 15.8 Å². The van der Waals surface area contributed by atoms with E-state index in [-0.39, 0.29) is 18.0 Å². The van der Waals surface area contributed by atoms with Crippen molar-refractivity contribution in [1.82, 2.24) is 9.21 Å². The minimum Gasteiger partial charge on any atom is -0.298 e. The topological polar surface area (TPSA) is 40.6 Å². The second kappa shape index (κ2) is 5.69. The first-order chi connectivity index (χ1) is 8.87. The monoisotopic (exact) mass is 322 g/mol. The highest BCUT2D eigenvalue weighted by Crippen LogP contribution is 2.28. The van der Waals surface area contributed by atoms with E-state index in [4.69, 9.17) is 11.6 Å². The number of hydrogen-bond donors (Lipinski definition) is 0. The molecular weight excluding hydrogens is 304 g/mol. The second-order valence-electron chi connectivity index (χ2n) is 5.03. The first-order valence-electron chi connectivity index (χ1n) is 6.22. The van der Waals surface area contributed by atoms with Crippen LogP contribution in [0.5, 0.6) is 0 Å². The molecule has 0 amide bonds. The molecule has 2 heterocycles. The zero-order valence-corrected chi connectivity index (χ0v) is 13.7. The number of nitrogens with zero attached hydrogens (tertiary/aromatic N) is 2. The van der Waals surface area contributed by atoms with E-state index in [9.17, 15) is 8.42 Å². The molecule has 19 heavy (non-hydrogen) atoms. The number of sulfonamides is 1. The van der Waals surface area contributed by atoms with Gasteiger partial charge in [0.1, 0.15) is 0 Å². The molecule has 0 N–H and O–H groups in total. The molecule has 2 unspecified atom stereocenters. The number of likely N-dealkylation sites (N-methyl/N-ethyl adjacent to an activating group) is 1. The molecule has 1 aliphatic rings. The lowest BCUT2D eigenvalue weighted by molar-refractivity contribution is 0.105. The number of hydrogen-bond acceptors (Lipinski definition) is 4. The van der Waals surface area contributed by atoms with E-state index in [2.05, 4.69) is 4.90 Å². The van der Waals surface area contributed by atoms with Crippen molar-refractivity contribution >= 4 is 33.0 Å². The first kappa shape index (κ1) is 15.3. The Kier molecular flexibility index (Phi) is 4.57. The number of piperazine rings is 1. The summed E-state index contributed by atoms with van der Waals surface area (Å²) in [6.45, 7) is 5.16. The Bertz CT molecular complexity index is 532. The van der Waals surface area contributed by atoms with Crippen LogP contribution in [0.4, 0.5) is 0 Å². The van der Waals surface area contributed by atoms with Crippen molar-refractivity contribution in [3.63, 3.8) is 0 Å². The quantitative estimate of drug-likeness (QED) is 0.801. The Morgan fingerprint density at radius 1 is 1.37 bits per heavy atom. The van der Waals surface area contributed by atoms with E-state index in [0.29, 0.717) is 18.0 Å². The maximum atomic E-state index is 12.7. The molecule has 1 saturated heterocycles. The molecule has 7 heteroatoms. The van der Waals surface area contributed by atoms with Crippen LogP contribution in [-0.4, -0.2) is 49.8 Å². The average molecular weight is 323 g/mol. The summed E-state index contributed by atoms with van der Waals surface area (Å²) >= 11 is 7.21. The number of rotatable bonds is 3. The molecule has 108 valence electrons. The van der Waals surface area contributed by atoms with Gasteiger partial charge in [0.2, 0.25) is 10.0 Å². The van der Waals surface area contributed by atoms with Gasteiger partial charge in [-0.2, -0.15) is 4.31 Å². The zero-order valence-electron chi connectivity index (χ0n) is 11.3. The third kappa shape index (κ3) is 2.83. The van der Waals surface area contributed by atoms with E-state index < -0.39 is 10.0 Å². The summed E-state index contributed by atoms with van der Waals surface area (Å²) in [5, 5.41) is 1.79. The summed E-state index contributed by atoms with van der Waals surface area (Å²) in [5.41, 5.74) is 0. The Balaban J connectivity index is 2.31. The molecule has 1 aromatic rings. The zero-order chi connectivity index (χ0) is 14.2. The fourth-order valence-corrected chi connectivity index (χ4v) is 5.62. The molecule has 1 aliphatic heterocycles. The third-order valence-electron chi connectivity index (χ3n) is 3.77. The van der Waals surface area contributed by atoms with Crippen LogP contribution in [0.2, 0.25) is 0 Å². The van der Waals surface area contributed by atoms with Gasteiger partial charge >= 0.3 is 0 Å². The van der Waals surface area contributed by atoms with Crippen molar-refractivity contribution in [2.24, 2.45) is 0 Å². The predicted octanol–water partition coefficient (Wildman–Crippen LogP) is 2.20. The van der Waals surface area contributed by atoms with Gasteiger partial charge in [-0.3, -0.25) is 4.90 Å². The van der Waals surface area contributed by atoms with Crippen LogP contribution in [0.3, 0.4) is 0 Å². The van der Waals surface area contributed by atoms with Crippen LogP contribution < -0.4 is 0 Å². The van der Waals surface area contributed by atoms with Crippen LogP contribution in [-0.2, 0) is 15.9 Å². The van der Waals surface area contributed by atoms with Crippen molar-refractivity contribution in [2.45, 2.75) is 36.7 Å². The highest BCUT2D eigenvalue weighted by molar-refractivity contribution is 7.89. The standard InChI is InChI=1S/C12H19ClN2O2S2/c1-9-7-15(8-10(2)14(9)3)19(16,17)12-4-5-18-11(12)6-13/h4-5,9-10H,6-8H2,1-3H3. The summed E-state index contributed by atoms with van der Waals surface area (Å²) in [6.07, 6.45) is 0. The van der Waals surface area contributed by atoms with Gasteiger partial charge in [-0.05, 0) is 32.3 Å². The first-order valence-corrected chi connectivity index (χ1v) is 9.07. The van der Waals surface area contributed by atoms with E-state index in [1.807, 2.05) is 20.9 Å². The van der Waals surface area contributed by atoms with Crippen molar-refractivity contribution in [3.05, 3.63) is 16.3 Å². The third-order valence-corrected chi connectivity index (χ3v) is 7.16. The maximum Gasteiger partial charge on any atom is 0.244 e. The summed E-state index contributed by atoms with van der Waals surface area (Å²) < 4.78 is 26.9.